The first kappa shape index (κ1) is 14.7. The Kier molecular flexibility index (Phi) is 4.38. The summed E-state index contributed by atoms with van der Waals surface area (Å²) < 4.78 is 1.95. The van der Waals surface area contributed by atoms with Crippen molar-refractivity contribution < 1.29 is 0 Å². The molecule has 0 bridgehead atoms. The fourth-order valence-electron chi connectivity index (χ4n) is 3.05. The summed E-state index contributed by atoms with van der Waals surface area (Å²) >= 11 is 1.98. The minimum absolute atomic E-state index is 0.436. The first-order valence-electron chi connectivity index (χ1n) is 7.82. The van der Waals surface area contributed by atoms with E-state index in [-0.39, 0.29) is 0 Å². The van der Waals surface area contributed by atoms with Crippen molar-refractivity contribution >= 4 is 23.1 Å². The van der Waals surface area contributed by atoms with Gasteiger partial charge >= 0.3 is 0 Å². The zero-order chi connectivity index (χ0) is 14.8. The van der Waals surface area contributed by atoms with E-state index in [4.69, 9.17) is 0 Å². The monoisotopic (exact) mass is 304 g/mol. The predicted octanol–water partition coefficient (Wildman–Crippen LogP) is 3.94. The highest BCUT2D eigenvalue weighted by molar-refractivity contribution is 7.99. The largest absolute Gasteiger partial charge is 0.364 e. The van der Waals surface area contributed by atoms with Gasteiger partial charge < -0.3 is 5.32 Å². The summed E-state index contributed by atoms with van der Waals surface area (Å²) in [5.41, 5.74) is 2.21. The van der Waals surface area contributed by atoms with Crippen molar-refractivity contribution in [3.05, 3.63) is 24.2 Å². The lowest BCUT2D eigenvalue weighted by Crippen LogP contribution is -2.34. The number of hydrogen-bond acceptors (Lipinski definition) is 4. The maximum absolute atomic E-state index is 4.64. The highest BCUT2D eigenvalue weighted by atomic mass is 32.2. The average Bonchev–Trinajstić information content (AvgIpc) is 2.93. The van der Waals surface area contributed by atoms with Gasteiger partial charge in [-0.15, -0.1) is 0 Å². The van der Waals surface area contributed by atoms with Gasteiger partial charge in [0.2, 0.25) is 0 Å². The molecule has 1 aliphatic rings. The number of aromatic nitrogens is 3. The standard InChI is InChI=1S/C16H24N4S/c1-11(2)13-10-14-16(17-8-9-20(14)19-13)18-12-6-4-5-7-15(12)21-3/h8-12,15H,4-7H2,1-3H3,(H,17,18). The molecule has 21 heavy (non-hydrogen) atoms. The number of fused-ring (bicyclic) bond motifs is 1. The smallest absolute Gasteiger partial charge is 0.152 e. The summed E-state index contributed by atoms with van der Waals surface area (Å²) in [6.07, 6.45) is 11.2. The molecule has 2 heterocycles. The molecule has 0 radical (unpaired) electrons. The van der Waals surface area contributed by atoms with Crippen molar-refractivity contribution in [2.75, 3.05) is 11.6 Å². The van der Waals surface area contributed by atoms with Crippen LogP contribution >= 0.6 is 11.8 Å². The number of rotatable bonds is 4. The van der Waals surface area contributed by atoms with Crippen LogP contribution in [0.25, 0.3) is 5.52 Å². The van der Waals surface area contributed by atoms with E-state index < -0.39 is 0 Å². The highest BCUT2D eigenvalue weighted by Crippen LogP contribution is 2.30. The lowest BCUT2D eigenvalue weighted by atomic mass is 9.95. The van der Waals surface area contributed by atoms with Gasteiger partial charge in [-0.25, -0.2) is 9.50 Å². The molecule has 2 unspecified atom stereocenters. The van der Waals surface area contributed by atoms with Crippen LogP contribution in [0.5, 0.6) is 0 Å². The Morgan fingerprint density at radius 2 is 2.14 bits per heavy atom. The minimum atomic E-state index is 0.436. The van der Waals surface area contributed by atoms with Crippen molar-refractivity contribution in [1.29, 1.82) is 0 Å². The fourth-order valence-corrected chi connectivity index (χ4v) is 3.99. The van der Waals surface area contributed by atoms with E-state index in [2.05, 4.69) is 41.6 Å². The van der Waals surface area contributed by atoms with Gasteiger partial charge in [-0.2, -0.15) is 16.9 Å². The number of thioether (sulfide) groups is 1. The molecule has 1 N–H and O–H groups in total. The maximum Gasteiger partial charge on any atom is 0.152 e. The maximum atomic E-state index is 4.64. The highest BCUT2D eigenvalue weighted by Gasteiger charge is 2.25. The van der Waals surface area contributed by atoms with Crippen molar-refractivity contribution in [2.45, 2.75) is 56.7 Å². The zero-order valence-electron chi connectivity index (χ0n) is 13.0. The molecule has 4 nitrogen and oxygen atoms in total. The van der Waals surface area contributed by atoms with E-state index in [9.17, 15) is 0 Å². The zero-order valence-corrected chi connectivity index (χ0v) is 13.9. The molecule has 2 atom stereocenters. The van der Waals surface area contributed by atoms with E-state index in [1.807, 2.05) is 28.7 Å². The molecule has 1 fully saturated rings. The van der Waals surface area contributed by atoms with E-state index in [0.29, 0.717) is 17.2 Å². The van der Waals surface area contributed by atoms with Crippen molar-refractivity contribution in [2.24, 2.45) is 0 Å². The third-order valence-corrected chi connectivity index (χ3v) is 5.50. The molecular formula is C16H24N4S. The predicted molar refractivity (Wildman–Crippen MR) is 90.3 cm³/mol. The first-order chi connectivity index (χ1) is 10.2. The molecule has 5 heteroatoms. The van der Waals surface area contributed by atoms with Crippen LogP contribution in [0.2, 0.25) is 0 Å². The van der Waals surface area contributed by atoms with Gasteiger partial charge in [0.05, 0.1) is 5.69 Å². The van der Waals surface area contributed by atoms with Crippen LogP contribution < -0.4 is 5.32 Å². The lowest BCUT2D eigenvalue weighted by molar-refractivity contribution is 0.474. The minimum Gasteiger partial charge on any atom is -0.364 e. The van der Waals surface area contributed by atoms with Gasteiger partial charge in [0.15, 0.2) is 5.82 Å². The second-order valence-electron chi connectivity index (χ2n) is 6.14. The Morgan fingerprint density at radius 3 is 2.90 bits per heavy atom. The van der Waals surface area contributed by atoms with Gasteiger partial charge in [-0.3, -0.25) is 0 Å². The van der Waals surface area contributed by atoms with Crippen LogP contribution in [0.15, 0.2) is 18.5 Å². The van der Waals surface area contributed by atoms with E-state index >= 15 is 0 Å². The quantitative estimate of drug-likeness (QED) is 0.929. The van der Waals surface area contributed by atoms with E-state index in [1.54, 1.807) is 0 Å². The molecule has 1 saturated carbocycles. The van der Waals surface area contributed by atoms with Gasteiger partial charge in [0, 0.05) is 23.7 Å². The summed E-state index contributed by atoms with van der Waals surface area (Å²) in [5.74, 6) is 1.41. The van der Waals surface area contributed by atoms with E-state index in [1.165, 1.54) is 25.7 Å². The number of nitrogens with zero attached hydrogens (tertiary/aromatic N) is 3. The molecule has 0 saturated heterocycles. The summed E-state index contributed by atoms with van der Waals surface area (Å²) in [6.45, 7) is 4.35. The van der Waals surface area contributed by atoms with Gasteiger partial charge in [-0.05, 0) is 31.1 Å². The molecule has 2 aromatic heterocycles. The number of hydrogen-bond donors (Lipinski definition) is 1. The molecule has 0 aliphatic heterocycles. The Morgan fingerprint density at radius 1 is 1.33 bits per heavy atom. The topological polar surface area (TPSA) is 42.2 Å². The molecule has 114 valence electrons. The summed E-state index contributed by atoms with van der Waals surface area (Å²) in [6, 6.07) is 2.68. The Labute approximate surface area is 130 Å². The third-order valence-electron chi connectivity index (χ3n) is 4.33. The van der Waals surface area contributed by atoms with Gasteiger partial charge in [0.25, 0.3) is 0 Å². The van der Waals surface area contributed by atoms with Gasteiger partial charge in [0.1, 0.15) is 5.52 Å². The molecule has 0 aromatic carbocycles. The van der Waals surface area contributed by atoms with Crippen LogP contribution in [-0.2, 0) is 0 Å². The number of nitrogens with one attached hydrogen (secondary N) is 1. The van der Waals surface area contributed by atoms with Crippen LogP contribution in [0.4, 0.5) is 5.82 Å². The fraction of sp³-hybridized carbons (Fsp3) is 0.625. The normalized spacial score (nSPS) is 22.9. The molecule has 2 aromatic rings. The van der Waals surface area contributed by atoms with Gasteiger partial charge in [-0.1, -0.05) is 26.7 Å². The number of anilines is 1. The molecule has 3 rings (SSSR count). The Bertz CT molecular complexity index is 607. The first-order valence-corrected chi connectivity index (χ1v) is 9.11. The third kappa shape index (κ3) is 3.03. The molecular weight excluding hydrogens is 280 g/mol. The summed E-state index contributed by atoms with van der Waals surface area (Å²) in [7, 11) is 0. The van der Waals surface area contributed by atoms with Crippen LogP contribution in [0.1, 0.15) is 51.1 Å². The van der Waals surface area contributed by atoms with Crippen molar-refractivity contribution in [1.82, 2.24) is 14.6 Å². The summed E-state index contributed by atoms with van der Waals surface area (Å²) in [4.78, 5) is 4.56. The van der Waals surface area contributed by atoms with Crippen molar-refractivity contribution in [3.8, 4) is 0 Å². The summed E-state index contributed by atoms with van der Waals surface area (Å²) in [5, 5.41) is 9.01. The molecule has 0 amide bonds. The van der Waals surface area contributed by atoms with Crippen LogP contribution in [-0.4, -0.2) is 32.1 Å². The Hall–Kier alpha value is -1.23. The lowest BCUT2D eigenvalue weighted by Gasteiger charge is -2.31. The second-order valence-corrected chi connectivity index (χ2v) is 7.22. The van der Waals surface area contributed by atoms with Crippen molar-refractivity contribution in [3.63, 3.8) is 0 Å². The second kappa shape index (κ2) is 6.26. The Balaban J connectivity index is 1.89. The molecule has 1 aliphatic carbocycles. The molecule has 0 spiro atoms. The van der Waals surface area contributed by atoms with Crippen LogP contribution in [0.3, 0.4) is 0 Å². The average molecular weight is 304 g/mol. The van der Waals surface area contributed by atoms with Crippen LogP contribution in [0, 0.1) is 0 Å². The van der Waals surface area contributed by atoms with E-state index in [0.717, 1.165) is 17.0 Å². The SMILES string of the molecule is CSC1CCCCC1Nc1nccn2nc(C(C)C)cc12.